The fraction of sp³-hybridized carbons (Fsp3) is 0.519. The smallest absolute Gasteiger partial charge is 0.122 e. The van der Waals surface area contributed by atoms with Gasteiger partial charge in [-0.05, 0) is 76.4 Å². The van der Waals surface area contributed by atoms with Crippen molar-refractivity contribution < 1.29 is 9.47 Å². The van der Waals surface area contributed by atoms with Crippen molar-refractivity contribution in [2.75, 3.05) is 27.8 Å². The van der Waals surface area contributed by atoms with E-state index >= 15 is 0 Å². The third-order valence-corrected chi connectivity index (χ3v) is 6.52. The van der Waals surface area contributed by atoms with E-state index in [-0.39, 0.29) is 5.92 Å². The summed E-state index contributed by atoms with van der Waals surface area (Å²) in [6.07, 6.45) is 1.71. The van der Waals surface area contributed by atoms with E-state index < -0.39 is 5.41 Å². The molecule has 0 saturated carbocycles. The number of hydrogen-bond donors (Lipinski definition) is 0. The molecule has 2 unspecified atom stereocenters. The Morgan fingerprint density at radius 1 is 0.935 bits per heavy atom. The second kappa shape index (κ2) is 10.7. The first-order chi connectivity index (χ1) is 14.7. The lowest BCUT2D eigenvalue weighted by Gasteiger charge is -2.33. The van der Waals surface area contributed by atoms with E-state index in [0.29, 0.717) is 6.04 Å². The highest BCUT2D eigenvalue weighted by atomic mass is 16.5. The molecule has 0 bridgehead atoms. The molecule has 0 aromatic heterocycles. The number of hydrogen-bond acceptors (Lipinski definition) is 4. The van der Waals surface area contributed by atoms with Gasteiger partial charge in [0.05, 0.1) is 25.7 Å². The fourth-order valence-electron chi connectivity index (χ4n) is 4.39. The maximum absolute atomic E-state index is 10.3. The Hall–Kier alpha value is -2.51. The summed E-state index contributed by atoms with van der Waals surface area (Å²) in [6.45, 7) is 11.7. The molecule has 2 aromatic rings. The number of aryl methyl sites for hydroxylation is 2. The van der Waals surface area contributed by atoms with Crippen LogP contribution in [0.4, 0.5) is 0 Å². The summed E-state index contributed by atoms with van der Waals surface area (Å²) in [5.41, 5.74) is 4.31. The normalized spacial score (nSPS) is 14.2. The average molecular weight is 423 g/mol. The Balaban J connectivity index is 2.20. The van der Waals surface area contributed by atoms with Gasteiger partial charge >= 0.3 is 0 Å². The third kappa shape index (κ3) is 5.80. The lowest BCUT2D eigenvalue weighted by molar-refractivity contribution is 0.241. The van der Waals surface area contributed by atoms with Crippen LogP contribution in [0.25, 0.3) is 0 Å². The first-order valence-electron chi connectivity index (χ1n) is 11.1. The van der Waals surface area contributed by atoms with Crippen LogP contribution in [0.5, 0.6) is 11.5 Å². The van der Waals surface area contributed by atoms with E-state index in [9.17, 15) is 5.26 Å². The summed E-state index contributed by atoms with van der Waals surface area (Å²) in [7, 11) is 5.46. The minimum absolute atomic E-state index is 0.163. The summed E-state index contributed by atoms with van der Waals surface area (Å²) >= 11 is 0. The van der Waals surface area contributed by atoms with Gasteiger partial charge in [0.1, 0.15) is 11.5 Å². The topological polar surface area (TPSA) is 45.5 Å². The molecule has 0 heterocycles. The Morgan fingerprint density at radius 3 is 1.94 bits per heavy atom. The summed E-state index contributed by atoms with van der Waals surface area (Å²) in [5, 5.41) is 10.3. The van der Waals surface area contributed by atoms with Crippen LogP contribution in [0, 0.1) is 31.1 Å². The van der Waals surface area contributed by atoms with Crippen molar-refractivity contribution in [2.24, 2.45) is 5.92 Å². The first-order valence-corrected chi connectivity index (χ1v) is 11.1. The molecule has 0 saturated heterocycles. The largest absolute Gasteiger partial charge is 0.497 e. The number of nitrogens with zero attached hydrogens (tertiary/aromatic N) is 2. The van der Waals surface area contributed by atoms with Crippen molar-refractivity contribution in [3.63, 3.8) is 0 Å². The number of ether oxygens (including phenoxy) is 2. The zero-order chi connectivity index (χ0) is 23.2. The van der Waals surface area contributed by atoms with Gasteiger partial charge in [-0.3, -0.25) is 4.90 Å². The fourth-order valence-corrected chi connectivity index (χ4v) is 4.39. The van der Waals surface area contributed by atoms with Crippen LogP contribution in [0.2, 0.25) is 0 Å². The van der Waals surface area contributed by atoms with E-state index in [1.807, 2.05) is 18.2 Å². The van der Waals surface area contributed by atoms with Crippen LogP contribution in [0.3, 0.4) is 0 Å². The first kappa shape index (κ1) is 24.8. The molecule has 2 aromatic carbocycles. The van der Waals surface area contributed by atoms with Gasteiger partial charge in [-0.15, -0.1) is 0 Å². The zero-order valence-corrected chi connectivity index (χ0v) is 20.5. The minimum Gasteiger partial charge on any atom is -0.497 e. The monoisotopic (exact) mass is 422 g/mol. The standard InChI is InChI=1S/C27H38N2O2/c1-19(2)27(18-28,24-15-25(30-7)17-26(16-24)31-8)10-9-11-29(6)22(5)23-13-20(3)12-21(4)14-23/h12-17,19,22H,9-11H2,1-8H3. The van der Waals surface area contributed by atoms with E-state index in [2.05, 4.69) is 70.8 Å². The molecule has 31 heavy (non-hydrogen) atoms. The molecule has 4 nitrogen and oxygen atoms in total. The summed E-state index contributed by atoms with van der Waals surface area (Å²) in [4.78, 5) is 2.38. The lowest BCUT2D eigenvalue weighted by Crippen LogP contribution is -2.33. The van der Waals surface area contributed by atoms with Crippen LogP contribution in [-0.4, -0.2) is 32.7 Å². The van der Waals surface area contributed by atoms with Gasteiger partial charge in [-0.1, -0.05) is 43.2 Å². The molecular formula is C27H38N2O2. The molecule has 4 heteroatoms. The third-order valence-electron chi connectivity index (χ3n) is 6.52. The summed E-state index contributed by atoms with van der Waals surface area (Å²) < 4.78 is 10.9. The molecule has 168 valence electrons. The van der Waals surface area contributed by atoms with Gasteiger partial charge in [0.25, 0.3) is 0 Å². The van der Waals surface area contributed by atoms with Crippen molar-refractivity contribution in [1.82, 2.24) is 4.90 Å². The van der Waals surface area contributed by atoms with Gasteiger partial charge in [0.15, 0.2) is 0 Å². The minimum atomic E-state index is -0.591. The Morgan fingerprint density at radius 2 is 1.48 bits per heavy atom. The number of methoxy groups -OCH3 is 2. The van der Waals surface area contributed by atoms with Crippen LogP contribution in [-0.2, 0) is 5.41 Å². The molecule has 0 aliphatic carbocycles. The van der Waals surface area contributed by atoms with E-state index in [1.165, 1.54) is 16.7 Å². The SMILES string of the molecule is COc1cc(OC)cc(C(C#N)(CCCN(C)C(C)c2cc(C)cc(C)c2)C(C)C)c1. The zero-order valence-electron chi connectivity index (χ0n) is 20.5. The number of nitriles is 1. The summed E-state index contributed by atoms with van der Waals surface area (Å²) in [6, 6.07) is 15.5. The van der Waals surface area contributed by atoms with Crippen molar-refractivity contribution in [3.05, 3.63) is 58.7 Å². The average Bonchev–Trinajstić information content (AvgIpc) is 2.74. The number of benzene rings is 2. The molecule has 0 aliphatic heterocycles. The molecule has 0 amide bonds. The molecule has 2 atom stereocenters. The number of rotatable bonds is 10. The molecule has 0 aliphatic rings. The molecule has 0 fully saturated rings. The molecule has 0 radical (unpaired) electrons. The molecule has 0 spiro atoms. The second-order valence-corrected chi connectivity index (χ2v) is 9.02. The Bertz CT molecular complexity index is 873. The highest BCUT2D eigenvalue weighted by Crippen LogP contribution is 2.40. The maximum Gasteiger partial charge on any atom is 0.122 e. The Kier molecular flexibility index (Phi) is 8.53. The van der Waals surface area contributed by atoms with Crippen LogP contribution in [0.15, 0.2) is 36.4 Å². The van der Waals surface area contributed by atoms with Gasteiger partial charge in [0.2, 0.25) is 0 Å². The van der Waals surface area contributed by atoms with Crippen LogP contribution in [0.1, 0.15) is 61.9 Å². The van der Waals surface area contributed by atoms with E-state index in [4.69, 9.17) is 9.47 Å². The van der Waals surface area contributed by atoms with Gasteiger partial charge in [-0.25, -0.2) is 0 Å². The predicted octanol–water partition coefficient (Wildman–Crippen LogP) is 6.21. The lowest BCUT2D eigenvalue weighted by atomic mass is 9.69. The van der Waals surface area contributed by atoms with Crippen molar-refractivity contribution in [1.29, 1.82) is 5.26 Å². The van der Waals surface area contributed by atoms with Crippen molar-refractivity contribution >= 4 is 0 Å². The maximum atomic E-state index is 10.3. The van der Waals surface area contributed by atoms with Gasteiger partial charge in [0, 0.05) is 12.1 Å². The van der Waals surface area contributed by atoms with Gasteiger partial charge < -0.3 is 9.47 Å². The van der Waals surface area contributed by atoms with Crippen LogP contribution < -0.4 is 9.47 Å². The molecule has 2 rings (SSSR count). The summed E-state index contributed by atoms with van der Waals surface area (Å²) in [5.74, 6) is 1.60. The molecular weight excluding hydrogens is 384 g/mol. The van der Waals surface area contributed by atoms with Crippen molar-refractivity contribution in [3.8, 4) is 17.6 Å². The van der Waals surface area contributed by atoms with E-state index in [1.54, 1.807) is 14.2 Å². The molecule has 0 N–H and O–H groups in total. The van der Waals surface area contributed by atoms with Crippen LogP contribution >= 0.6 is 0 Å². The quantitative estimate of drug-likeness (QED) is 0.456. The highest BCUT2D eigenvalue weighted by Gasteiger charge is 2.36. The highest BCUT2D eigenvalue weighted by molar-refractivity contribution is 5.45. The Labute approximate surface area is 188 Å². The van der Waals surface area contributed by atoms with E-state index in [0.717, 1.165) is 36.4 Å². The van der Waals surface area contributed by atoms with Gasteiger partial charge in [-0.2, -0.15) is 5.26 Å². The second-order valence-electron chi connectivity index (χ2n) is 9.02. The van der Waals surface area contributed by atoms with Crippen molar-refractivity contribution in [2.45, 2.75) is 58.9 Å². The predicted molar refractivity (Wildman–Crippen MR) is 128 cm³/mol.